The molecule has 1 unspecified atom stereocenters. The van der Waals surface area contributed by atoms with Gasteiger partial charge in [0.05, 0.1) is 23.6 Å². The summed E-state index contributed by atoms with van der Waals surface area (Å²) in [5, 5.41) is 9.48. The first-order valence-electron chi connectivity index (χ1n) is 9.98. The second-order valence-corrected chi connectivity index (χ2v) is 9.06. The van der Waals surface area contributed by atoms with E-state index in [-0.39, 0.29) is 41.2 Å². The molecule has 0 spiro atoms. The molecule has 1 fully saturated rings. The van der Waals surface area contributed by atoms with Gasteiger partial charge in [-0.15, -0.1) is 23.7 Å². The van der Waals surface area contributed by atoms with E-state index in [0.717, 1.165) is 48.6 Å². The maximum atomic E-state index is 15.4. The number of thiophene rings is 1. The summed E-state index contributed by atoms with van der Waals surface area (Å²) in [6, 6.07) is 3.14. The van der Waals surface area contributed by atoms with E-state index in [2.05, 4.69) is 0 Å². The molecule has 5 rings (SSSR count). The summed E-state index contributed by atoms with van der Waals surface area (Å²) >= 11 is 1.46. The summed E-state index contributed by atoms with van der Waals surface area (Å²) in [5.74, 6) is -1.66. The molecular formula is C22H22ClFN2O4S. The monoisotopic (exact) mass is 464 g/mol. The highest BCUT2D eigenvalue weighted by atomic mass is 35.5. The normalized spacial score (nSPS) is 17.8. The number of aromatic carboxylic acids is 1. The summed E-state index contributed by atoms with van der Waals surface area (Å²) in [6.45, 7) is 0. The van der Waals surface area contributed by atoms with Crippen LogP contribution in [0.1, 0.15) is 58.6 Å². The average Bonchev–Trinajstić information content (AvgIpc) is 3.46. The highest BCUT2D eigenvalue weighted by molar-refractivity contribution is 7.15. The van der Waals surface area contributed by atoms with Crippen molar-refractivity contribution >= 4 is 40.6 Å². The summed E-state index contributed by atoms with van der Waals surface area (Å²) in [7, 11) is 1.45. The van der Waals surface area contributed by atoms with Gasteiger partial charge in [0.25, 0.3) is 0 Å². The van der Waals surface area contributed by atoms with Gasteiger partial charge in [-0.2, -0.15) is 0 Å². The Labute approximate surface area is 187 Å². The smallest absolute Gasteiger partial charge is 0.341 e. The number of nitrogens with zero attached hydrogens (tertiary/aromatic N) is 1. The molecule has 2 aliphatic rings. The van der Waals surface area contributed by atoms with E-state index >= 15 is 4.39 Å². The largest absolute Gasteiger partial charge is 0.494 e. The number of benzene rings is 1. The van der Waals surface area contributed by atoms with E-state index < -0.39 is 17.2 Å². The highest BCUT2D eigenvalue weighted by Crippen LogP contribution is 2.47. The Morgan fingerprint density at radius 1 is 1.32 bits per heavy atom. The summed E-state index contributed by atoms with van der Waals surface area (Å²) in [4.78, 5) is 26.2. The molecule has 0 saturated heterocycles. The van der Waals surface area contributed by atoms with Gasteiger partial charge in [-0.25, -0.2) is 9.18 Å². The minimum atomic E-state index is -1.32. The van der Waals surface area contributed by atoms with Gasteiger partial charge >= 0.3 is 5.97 Å². The van der Waals surface area contributed by atoms with E-state index in [0.29, 0.717) is 16.0 Å². The zero-order chi connectivity index (χ0) is 21.2. The summed E-state index contributed by atoms with van der Waals surface area (Å²) < 4.78 is 22.8. The minimum Gasteiger partial charge on any atom is -0.494 e. The van der Waals surface area contributed by atoms with Gasteiger partial charge in [0, 0.05) is 28.0 Å². The number of carboxylic acids is 1. The third-order valence-corrected chi connectivity index (χ3v) is 7.31. The number of rotatable bonds is 4. The highest BCUT2D eigenvalue weighted by Gasteiger charge is 2.31. The summed E-state index contributed by atoms with van der Waals surface area (Å²) in [6.07, 6.45) is 5.92. The molecule has 1 saturated carbocycles. The van der Waals surface area contributed by atoms with E-state index in [1.807, 2.05) is 6.07 Å². The number of carbonyl (C=O) groups is 1. The van der Waals surface area contributed by atoms with Gasteiger partial charge in [-0.1, -0.05) is 0 Å². The van der Waals surface area contributed by atoms with Crippen LogP contribution in [-0.4, -0.2) is 22.8 Å². The maximum absolute atomic E-state index is 15.4. The fraction of sp³-hybridized carbons (Fsp3) is 0.364. The van der Waals surface area contributed by atoms with Crippen molar-refractivity contribution in [3.8, 4) is 16.2 Å². The zero-order valence-electron chi connectivity index (χ0n) is 16.8. The van der Waals surface area contributed by atoms with Crippen LogP contribution in [0.2, 0.25) is 0 Å². The lowest BCUT2D eigenvalue weighted by Crippen LogP contribution is -2.19. The third kappa shape index (κ3) is 3.43. The van der Waals surface area contributed by atoms with Crippen LogP contribution in [0.3, 0.4) is 0 Å². The van der Waals surface area contributed by atoms with E-state index in [1.165, 1.54) is 24.6 Å². The van der Waals surface area contributed by atoms with Crippen LogP contribution in [-0.2, 0) is 6.42 Å². The lowest BCUT2D eigenvalue weighted by atomic mass is 9.95. The number of halogens is 2. The Balaban J connectivity index is 0.00000231. The van der Waals surface area contributed by atoms with Crippen LogP contribution in [0.5, 0.6) is 5.75 Å². The molecule has 0 aliphatic heterocycles. The van der Waals surface area contributed by atoms with Crippen molar-refractivity contribution < 1.29 is 19.0 Å². The lowest BCUT2D eigenvalue weighted by molar-refractivity contribution is 0.0695. The van der Waals surface area contributed by atoms with Gasteiger partial charge in [-0.3, -0.25) is 4.79 Å². The topological polar surface area (TPSA) is 94.6 Å². The second kappa shape index (κ2) is 7.93. The molecule has 0 amide bonds. The van der Waals surface area contributed by atoms with Crippen molar-refractivity contribution in [3.63, 3.8) is 0 Å². The van der Waals surface area contributed by atoms with Crippen molar-refractivity contribution in [2.45, 2.75) is 44.2 Å². The van der Waals surface area contributed by atoms with Crippen LogP contribution < -0.4 is 15.9 Å². The summed E-state index contributed by atoms with van der Waals surface area (Å²) in [5.41, 5.74) is 7.08. The molecule has 3 N–H and O–H groups in total. The SMILES string of the molecule is COc1c(-c2cc3c(s2)C(N)CCC3)c(F)cc2c(=O)c(C(=O)O)cn(C3CC3)c12.Cl. The number of fused-ring (bicyclic) bond motifs is 2. The van der Waals surface area contributed by atoms with Crippen molar-refractivity contribution in [2.24, 2.45) is 5.73 Å². The molecule has 0 radical (unpaired) electrons. The molecule has 3 aromatic rings. The first kappa shape index (κ1) is 21.8. The van der Waals surface area contributed by atoms with Crippen molar-refractivity contribution in [1.82, 2.24) is 4.57 Å². The molecule has 0 bridgehead atoms. The average molecular weight is 465 g/mol. The van der Waals surface area contributed by atoms with Gasteiger partial charge in [0.1, 0.15) is 11.4 Å². The molecule has 6 nitrogen and oxygen atoms in total. The number of methoxy groups -OCH3 is 1. The molecule has 164 valence electrons. The number of nitrogens with two attached hydrogens (primary N) is 1. The standard InChI is InChI=1S/C22H21FN2O4S.ClH/c1-29-20-17(16-7-10-3-2-4-15(24)21(10)30-16)14(23)8-12-18(20)25(11-5-6-11)9-13(19(12)26)22(27)28;/h7-9,11,15H,2-6,24H2,1H3,(H,27,28);1H. The van der Waals surface area contributed by atoms with Crippen LogP contribution >= 0.6 is 23.7 Å². The van der Waals surface area contributed by atoms with Gasteiger partial charge in [-0.05, 0) is 49.8 Å². The van der Waals surface area contributed by atoms with E-state index in [4.69, 9.17) is 10.5 Å². The lowest BCUT2D eigenvalue weighted by Gasteiger charge is -2.18. The number of aryl methyl sites for hydroxylation is 1. The Kier molecular flexibility index (Phi) is 5.57. The molecule has 2 aromatic heterocycles. The number of ether oxygens (including phenoxy) is 1. The second-order valence-electron chi connectivity index (χ2n) is 7.98. The van der Waals surface area contributed by atoms with Crippen LogP contribution in [0.25, 0.3) is 21.3 Å². The fourth-order valence-corrected chi connectivity index (χ4v) is 5.68. The Hall–Kier alpha value is -2.42. The van der Waals surface area contributed by atoms with Crippen LogP contribution in [0.15, 0.2) is 23.1 Å². The Morgan fingerprint density at radius 2 is 2.06 bits per heavy atom. The predicted molar refractivity (Wildman–Crippen MR) is 120 cm³/mol. The fourth-order valence-electron chi connectivity index (χ4n) is 4.39. The predicted octanol–water partition coefficient (Wildman–Crippen LogP) is 4.67. The number of pyridine rings is 1. The number of hydrogen-bond donors (Lipinski definition) is 2. The number of carboxylic acid groups (broad SMARTS) is 1. The maximum Gasteiger partial charge on any atom is 0.341 e. The quantitative estimate of drug-likeness (QED) is 0.585. The molecular weight excluding hydrogens is 443 g/mol. The minimum absolute atomic E-state index is 0. The molecule has 2 heterocycles. The third-order valence-electron chi connectivity index (χ3n) is 5.98. The van der Waals surface area contributed by atoms with Gasteiger partial charge in [0.15, 0.2) is 5.75 Å². The molecule has 9 heteroatoms. The van der Waals surface area contributed by atoms with Gasteiger partial charge < -0.3 is 20.1 Å². The van der Waals surface area contributed by atoms with Crippen LogP contribution in [0.4, 0.5) is 4.39 Å². The number of hydrogen-bond acceptors (Lipinski definition) is 5. The molecule has 1 aromatic carbocycles. The molecule has 31 heavy (non-hydrogen) atoms. The van der Waals surface area contributed by atoms with E-state index in [9.17, 15) is 14.7 Å². The molecule has 1 atom stereocenters. The zero-order valence-corrected chi connectivity index (χ0v) is 18.4. The Bertz CT molecular complexity index is 1260. The van der Waals surface area contributed by atoms with Gasteiger partial charge in [0.2, 0.25) is 5.43 Å². The van der Waals surface area contributed by atoms with Crippen molar-refractivity contribution in [1.29, 1.82) is 0 Å². The first-order chi connectivity index (χ1) is 14.4. The molecule has 2 aliphatic carbocycles. The van der Waals surface area contributed by atoms with Crippen molar-refractivity contribution in [2.75, 3.05) is 7.11 Å². The number of aromatic nitrogens is 1. The Morgan fingerprint density at radius 3 is 2.68 bits per heavy atom. The van der Waals surface area contributed by atoms with E-state index in [1.54, 1.807) is 4.57 Å². The van der Waals surface area contributed by atoms with Crippen LogP contribution in [0, 0.1) is 5.82 Å². The first-order valence-corrected chi connectivity index (χ1v) is 10.8. The van der Waals surface area contributed by atoms with Crippen molar-refractivity contribution in [3.05, 3.63) is 50.4 Å².